The summed E-state index contributed by atoms with van der Waals surface area (Å²) in [4.78, 5) is 10.9. The van der Waals surface area contributed by atoms with Gasteiger partial charge in [-0.3, -0.25) is 9.48 Å². The Kier molecular flexibility index (Phi) is 3.68. The van der Waals surface area contributed by atoms with Crippen molar-refractivity contribution in [2.45, 2.75) is 26.2 Å². The van der Waals surface area contributed by atoms with Crippen LogP contribution in [-0.2, 0) is 18.3 Å². The Labute approximate surface area is 83.5 Å². The molecule has 0 saturated heterocycles. The Morgan fingerprint density at radius 2 is 2.43 bits per heavy atom. The Bertz CT molecular complexity index is 307. The molecule has 0 spiro atoms. The molecule has 0 amide bonds. The molecule has 1 aromatic rings. The molecule has 1 aromatic heterocycles. The van der Waals surface area contributed by atoms with Crippen molar-refractivity contribution in [1.82, 2.24) is 9.78 Å². The summed E-state index contributed by atoms with van der Waals surface area (Å²) in [5, 5.41) is 13.0. The van der Waals surface area contributed by atoms with Gasteiger partial charge in [-0.25, -0.2) is 0 Å². The maximum atomic E-state index is 10.9. The number of hydrogen-bond acceptors (Lipinski definition) is 2. The van der Waals surface area contributed by atoms with Crippen LogP contribution in [0.25, 0.3) is 0 Å². The SMILES string of the molecule is CCCC(Cc1cnn(C)c1)C(=O)O. The molecule has 0 aliphatic heterocycles. The lowest BCUT2D eigenvalue weighted by molar-refractivity contribution is -0.141. The summed E-state index contributed by atoms with van der Waals surface area (Å²) in [6.07, 6.45) is 5.80. The third-order valence-electron chi connectivity index (χ3n) is 2.23. The lowest BCUT2D eigenvalue weighted by Gasteiger charge is -2.08. The summed E-state index contributed by atoms with van der Waals surface area (Å²) in [7, 11) is 1.83. The summed E-state index contributed by atoms with van der Waals surface area (Å²) >= 11 is 0. The van der Waals surface area contributed by atoms with Crippen molar-refractivity contribution in [3.63, 3.8) is 0 Å². The zero-order valence-corrected chi connectivity index (χ0v) is 8.60. The Morgan fingerprint density at radius 1 is 1.71 bits per heavy atom. The monoisotopic (exact) mass is 196 g/mol. The van der Waals surface area contributed by atoms with Crippen LogP contribution >= 0.6 is 0 Å². The predicted octanol–water partition coefficient (Wildman–Crippen LogP) is 1.46. The highest BCUT2D eigenvalue weighted by atomic mass is 16.4. The number of aliphatic carboxylic acids is 1. The summed E-state index contributed by atoms with van der Waals surface area (Å²) < 4.78 is 1.69. The fraction of sp³-hybridized carbons (Fsp3) is 0.600. The van der Waals surface area contributed by atoms with Crippen molar-refractivity contribution in [3.8, 4) is 0 Å². The first-order valence-corrected chi connectivity index (χ1v) is 4.83. The van der Waals surface area contributed by atoms with E-state index in [1.165, 1.54) is 0 Å². The van der Waals surface area contributed by atoms with Gasteiger partial charge >= 0.3 is 5.97 Å². The summed E-state index contributed by atoms with van der Waals surface area (Å²) in [5.74, 6) is -0.986. The third kappa shape index (κ3) is 2.87. The van der Waals surface area contributed by atoms with Crippen molar-refractivity contribution < 1.29 is 9.90 Å². The number of aryl methyl sites for hydroxylation is 1. The van der Waals surface area contributed by atoms with Gasteiger partial charge in [0.25, 0.3) is 0 Å². The van der Waals surface area contributed by atoms with Crippen LogP contribution in [0.4, 0.5) is 0 Å². The van der Waals surface area contributed by atoms with E-state index in [1.54, 1.807) is 10.9 Å². The first kappa shape index (κ1) is 10.8. The van der Waals surface area contributed by atoms with E-state index in [0.29, 0.717) is 6.42 Å². The average Bonchev–Trinajstić information content (AvgIpc) is 2.50. The fourth-order valence-corrected chi connectivity index (χ4v) is 1.52. The molecule has 4 nitrogen and oxygen atoms in total. The molecule has 1 unspecified atom stereocenters. The highest BCUT2D eigenvalue weighted by Crippen LogP contribution is 2.13. The van der Waals surface area contributed by atoms with Gasteiger partial charge in [0.2, 0.25) is 0 Å². The zero-order valence-electron chi connectivity index (χ0n) is 8.60. The van der Waals surface area contributed by atoms with Crippen molar-refractivity contribution in [3.05, 3.63) is 18.0 Å². The van der Waals surface area contributed by atoms with Crippen LogP contribution in [0.5, 0.6) is 0 Å². The molecular weight excluding hydrogens is 180 g/mol. The van der Waals surface area contributed by atoms with Gasteiger partial charge in [0.05, 0.1) is 12.1 Å². The molecule has 14 heavy (non-hydrogen) atoms. The molecule has 78 valence electrons. The number of hydrogen-bond donors (Lipinski definition) is 1. The highest BCUT2D eigenvalue weighted by Gasteiger charge is 2.17. The molecule has 0 bridgehead atoms. The summed E-state index contributed by atoms with van der Waals surface area (Å²) in [6.45, 7) is 2.00. The highest BCUT2D eigenvalue weighted by molar-refractivity contribution is 5.70. The second kappa shape index (κ2) is 4.79. The Hall–Kier alpha value is -1.32. The molecule has 0 saturated carbocycles. The van der Waals surface area contributed by atoms with E-state index in [1.807, 2.05) is 20.2 Å². The molecule has 1 N–H and O–H groups in total. The van der Waals surface area contributed by atoms with E-state index in [-0.39, 0.29) is 5.92 Å². The Morgan fingerprint density at radius 3 is 2.86 bits per heavy atom. The zero-order chi connectivity index (χ0) is 10.6. The van der Waals surface area contributed by atoms with E-state index >= 15 is 0 Å². The summed E-state index contributed by atoms with van der Waals surface area (Å²) in [6, 6.07) is 0. The minimum Gasteiger partial charge on any atom is -0.481 e. The van der Waals surface area contributed by atoms with E-state index < -0.39 is 5.97 Å². The van der Waals surface area contributed by atoms with Crippen molar-refractivity contribution >= 4 is 5.97 Å². The lowest BCUT2D eigenvalue weighted by atomic mass is 9.97. The number of carboxylic acids is 1. The van der Waals surface area contributed by atoms with Crippen molar-refractivity contribution in [2.75, 3.05) is 0 Å². The van der Waals surface area contributed by atoms with Gasteiger partial charge in [-0.05, 0) is 18.4 Å². The molecule has 0 aromatic carbocycles. The van der Waals surface area contributed by atoms with Crippen molar-refractivity contribution in [2.24, 2.45) is 13.0 Å². The average molecular weight is 196 g/mol. The molecule has 4 heteroatoms. The van der Waals surface area contributed by atoms with Crippen molar-refractivity contribution in [1.29, 1.82) is 0 Å². The molecule has 1 heterocycles. The maximum absolute atomic E-state index is 10.9. The molecule has 0 fully saturated rings. The number of nitrogens with zero attached hydrogens (tertiary/aromatic N) is 2. The van der Waals surface area contributed by atoms with Gasteiger partial charge in [0.15, 0.2) is 0 Å². The maximum Gasteiger partial charge on any atom is 0.306 e. The van der Waals surface area contributed by atoms with Crippen LogP contribution in [-0.4, -0.2) is 20.9 Å². The summed E-state index contributed by atoms with van der Waals surface area (Å²) in [5.41, 5.74) is 0.994. The van der Waals surface area contributed by atoms with Gasteiger partial charge in [-0.2, -0.15) is 5.10 Å². The predicted molar refractivity (Wildman–Crippen MR) is 52.9 cm³/mol. The van der Waals surface area contributed by atoms with E-state index in [9.17, 15) is 4.79 Å². The first-order valence-electron chi connectivity index (χ1n) is 4.83. The third-order valence-corrected chi connectivity index (χ3v) is 2.23. The molecule has 1 atom stereocenters. The Balaban J connectivity index is 2.59. The normalized spacial score (nSPS) is 12.7. The lowest BCUT2D eigenvalue weighted by Crippen LogP contribution is -2.15. The number of rotatable bonds is 5. The minimum absolute atomic E-state index is 0.274. The van der Waals surface area contributed by atoms with Crippen LogP contribution in [0.3, 0.4) is 0 Å². The second-order valence-corrected chi connectivity index (χ2v) is 3.55. The van der Waals surface area contributed by atoms with Gasteiger partial charge < -0.3 is 5.11 Å². The number of aromatic nitrogens is 2. The number of carbonyl (C=O) groups is 1. The van der Waals surface area contributed by atoms with Gasteiger partial charge in [-0.1, -0.05) is 13.3 Å². The van der Waals surface area contributed by atoms with Gasteiger partial charge in [-0.15, -0.1) is 0 Å². The molecular formula is C10H16N2O2. The van der Waals surface area contributed by atoms with Gasteiger partial charge in [0.1, 0.15) is 0 Å². The second-order valence-electron chi connectivity index (χ2n) is 3.55. The van der Waals surface area contributed by atoms with E-state index in [4.69, 9.17) is 5.11 Å². The quantitative estimate of drug-likeness (QED) is 0.775. The minimum atomic E-state index is -0.712. The van der Waals surface area contributed by atoms with Crippen LogP contribution in [0, 0.1) is 5.92 Å². The largest absolute Gasteiger partial charge is 0.481 e. The molecule has 0 radical (unpaired) electrons. The van der Waals surface area contributed by atoms with Gasteiger partial charge in [0, 0.05) is 13.2 Å². The standard InChI is InChI=1S/C10H16N2O2/c1-3-4-9(10(13)14)5-8-6-11-12(2)7-8/h6-7,9H,3-5H2,1-2H3,(H,13,14). The van der Waals surface area contributed by atoms with Crippen LogP contribution in [0.15, 0.2) is 12.4 Å². The van der Waals surface area contributed by atoms with E-state index in [2.05, 4.69) is 5.10 Å². The van der Waals surface area contributed by atoms with Crippen LogP contribution in [0.1, 0.15) is 25.3 Å². The molecule has 0 aliphatic carbocycles. The number of carboxylic acid groups (broad SMARTS) is 1. The molecule has 1 rings (SSSR count). The van der Waals surface area contributed by atoms with E-state index in [0.717, 1.165) is 18.4 Å². The van der Waals surface area contributed by atoms with Crippen LogP contribution < -0.4 is 0 Å². The van der Waals surface area contributed by atoms with Crippen LogP contribution in [0.2, 0.25) is 0 Å². The first-order chi connectivity index (χ1) is 6.63. The topological polar surface area (TPSA) is 55.1 Å². The fourth-order valence-electron chi connectivity index (χ4n) is 1.52. The smallest absolute Gasteiger partial charge is 0.306 e. The molecule has 0 aliphatic rings.